The quantitative estimate of drug-likeness (QED) is 0.762. The maximum Gasteiger partial charge on any atom is 0.309 e. The van der Waals surface area contributed by atoms with Crippen molar-refractivity contribution in [2.75, 3.05) is 0 Å². The highest BCUT2D eigenvalue weighted by Gasteiger charge is 2.31. The van der Waals surface area contributed by atoms with Gasteiger partial charge in [0.25, 0.3) is 0 Å². The zero-order chi connectivity index (χ0) is 10.8. The second-order valence-corrected chi connectivity index (χ2v) is 4.46. The van der Waals surface area contributed by atoms with Gasteiger partial charge in [-0.25, -0.2) is 0 Å². The van der Waals surface area contributed by atoms with Crippen LogP contribution in [0.2, 0.25) is 10.0 Å². The van der Waals surface area contributed by atoms with Crippen molar-refractivity contribution in [3.05, 3.63) is 33.8 Å². The van der Waals surface area contributed by atoms with E-state index in [1.54, 1.807) is 18.2 Å². The molecule has 4 heteroatoms. The maximum absolute atomic E-state index is 11.3. The monoisotopic (exact) mass is 244 g/mol. The van der Waals surface area contributed by atoms with Gasteiger partial charge in [-0.15, -0.1) is 0 Å². The highest BCUT2D eigenvalue weighted by Crippen LogP contribution is 2.31. The van der Waals surface area contributed by atoms with Crippen LogP contribution in [0.4, 0.5) is 0 Å². The summed E-state index contributed by atoms with van der Waals surface area (Å²) in [5.74, 6) is -0.0194. The van der Waals surface area contributed by atoms with Gasteiger partial charge in [0.05, 0.1) is 5.92 Å². The molecule has 2 rings (SSSR count). The number of hydrogen-bond donors (Lipinski definition) is 0. The van der Waals surface area contributed by atoms with Crippen molar-refractivity contribution in [2.45, 2.75) is 19.4 Å². The SMILES string of the molecule is O=C(OCc1cc(Cl)ccc1Cl)C1CC1. The summed E-state index contributed by atoms with van der Waals surface area (Å²) in [5.41, 5.74) is 0.748. The minimum absolute atomic E-state index is 0.114. The Morgan fingerprint density at radius 1 is 1.40 bits per heavy atom. The fraction of sp³-hybridized carbons (Fsp3) is 0.364. The minimum Gasteiger partial charge on any atom is -0.461 e. The summed E-state index contributed by atoms with van der Waals surface area (Å²) < 4.78 is 5.11. The Labute approximate surface area is 98.1 Å². The molecule has 1 fully saturated rings. The minimum atomic E-state index is -0.133. The van der Waals surface area contributed by atoms with E-state index >= 15 is 0 Å². The summed E-state index contributed by atoms with van der Waals surface area (Å²) in [6.45, 7) is 0.203. The van der Waals surface area contributed by atoms with E-state index in [4.69, 9.17) is 27.9 Å². The molecule has 1 aromatic rings. The van der Waals surface area contributed by atoms with E-state index in [1.807, 2.05) is 0 Å². The Bertz CT molecular complexity index is 386. The average Bonchev–Trinajstić information content (AvgIpc) is 3.02. The Morgan fingerprint density at radius 2 is 2.13 bits per heavy atom. The molecule has 1 aliphatic carbocycles. The summed E-state index contributed by atoms with van der Waals surface area (Å²) in [6, 6.07) is 5.12. The van der Waals surface area contributed by atoms with Gasteiger partial charge >= 0.3 is 5.97 Å². The number of carbonyl (C=O) groups is 1. The second kappa shape index (κ2) is 4.42. The first-order chi connectivity index (χ1) is 7.16. The van der Waals surface area contributed by atoms with Crippen LogP contribution in [-0.4, -0.2) is 5.97 Å². The number of ether oxygens (including phenoxy) is 1. The van der Waals surface area contributed by atoms with Crippen molar-refractivity contribution in [1.29, 1.82) is 0 Å². The fourth-order valence-electron chi connectivity index (χ4n) is 1.24. The smallest absolute Gasteiger partial charge is 0.309 e. The third-order valence-electron chi connectivity index (χ3n) is 2.29. The van der Waals surface area contributed by atoms with E-state index in [1.165, 1.54) is 0 Å². The van der Waals surface area contributed by atoms with Gasteiger partial charge in [-0.3, -0.25) is 4.79 Å². The van der Waals surface area contributed by atoms with Crippen LogP contribution in [0, 0.1) is 5.92 Å². The van der Waals surface area contributed by atoms with Crippen LogP contribution in [0.5, 0.6) is 0 Å². The molecule has 0 spiro atoms. The van der Waals surface area contributed by atoms with Gasteiger partial charge in [0.2, 0.25) is 0 Å². The van der Waals surface area contributed by atoms with Gasteiger partial charge < -0.3 is 4.74 Å². The lowest BCUT2D eigenvalue weighted by molar-refractivity contribution is -0.146. The van der Waals surface area contributed by atoms with Gasteiger partial charge in [0.15, 0.2) is 0 Å². The number of halogens is 2. The third kappa shape index (κ3) is 2.86. The van der Waals surface area contributed by atoms with Gasteiger partial charge in [-0.2, -0.15) is 0 Å². The van der Waals surface area contributed by atoms with E-state index in [9.17, 15) is 4.79 Å². The van der Waals surface area contributed by atoms with Crippen LogP contribution in [0.15, 0.2) is 18.2 Å². The molecular weight excluding hydrogens is 235 g/mol. The lowest BCUT2D eigenvalue weighted by Gasteiger charge is -2.06. The van der Waals surface area contributed by atoms with Crippen molar-refractivity contribution in [3.63, 3.8) is 0 Å². The van der Waals surface area contributed by atoms with E-state index in [2.05, 4.69) is 0 Å². The predicted octanol–water partition coefficient (Wildman–Crippen LogP) is 3.45. The molecule has 1 aromatic carbocycles. The van der Waals surface area contributed by atoms with Gasteiger partial charge in [-0.05, 0) is 31.0 Å². The van der Waals surface area contributed by atoms with Gasteiger partial charge in [-0.1, -0.05) is 23.2 Å². The molecule has 0 N–H and O–H groups in total. The van der Waals surface area contributed by atoms with Crippen LogP contribution in [0.3, 0.4) is 0 Å². The highest BCUT2D eigenvalue weighted by atomic mass is 35.5. The lowest BCUT2D eigenvalue weighted by Crippen LogP contribution is -2.06. The normalized spacial score (nSPS) is 15.1. The molecule has 0 unspecified atom stereocenters. The Kier molecular flexibility index (Phi) is 3.17. The summed E-state index contributed by atoms with van der Waals surface area (Å²) in [7, 11) is 0. The number of esters is 1. The summed E-state index contributed by atoms with van der Waals surface area (Å²) in [4.78, 5) is 11.3. The van der Waals surface area contributed by atoms with E-state index in [-0.39, 0.29) is 18.5 Å². The van der Waals surface area contributed by atoms with Crippen LogP contribution >= 0.6 is 23.2 Å². The Balaban J connectivity index is 1.97. The second-order valence-electron chi connectivity index (χ2n) is 3.62. The van der Waals surface area contributed by atoms with Crippen molar-refractivity contribution in [2.24, 2.45) is 5.92 Å². The summed E-state index contributed by atoms with van der Waals surface area (Å²) >= 11 is 11.7. The highest BCUT2D eigenvalue weighted by molar-refractivity contribution is 6.33. The zero-order valence-electron chi connectivity index (χ0n) is 8.00. The fourth-order valence-corrected chi connectivity index (χ4v) is 1.61. The van der Waals surface area contributed by atoms with Gasteiger partial charge in [0.1, 0.15) is 6.61 Å². The van der Waals surface area contributed by atoms with E-state index < -0.39 is 0 Å². The van der Waals surface area contributed by atoms with Crippen molar-refractivity contribution in [3.8, 4) is 0 Å². The topological polar surface area (TPSA) is 26.3 Å². The van der Waals surface area contributed by atoms with Crippen LogP contribution in [0.25, 0.3) is 0 Å². The molecular formula is C11H10Cl2O2. The first-order valence-corrected chi connectivity index (χ1v) is 5.53. The molecule has 1 aliphatic rings. The molecule has 80 valence electrons. The Morgan fingerprint density at radius 3 is 2.80 bits per heavy atom. The molecule has 0 aromatic heterocycles. The van der Waals surface area contributed by atoms with Crippen LogP contribution in [0.1, 0.15) is 18.4 Å². The molecule has 0 bridgehead atoms. The number of benzene rings is 1. The van der Waals surface area contributed by atoms with E-state index in [0.717, 1.165) is 18.4 Å². The Hall–Kier alpha value is -0.730. The number of carbonyl (C=O) groups excluding carboxylic acids is 1. The molecule has 15 heavy (non-hydrogen) atoms. The zero-order valence-corrected chi connectivity index (χ0v) is 9.52. The first kappa shape index (κ1) is 10.8. The number of rotatable bonds is 3. The number of hydrogen-bond acceptors (Lipinski definition) is 2. The summed E-state index contributed by atoms with van der Waals surface area (Å²) in [6.07, 6.45) is 1.89. The van der Waals surface area contributed by atoms with Crippen LogP contribution < -0.4 is 0 Å². The molecule has 0 radical (unpaired) electrons. The molecule has 1 saturated carbocycles. The molecule has 2 nitrogen and oxygen atoms in total. The molecule has 0 heterocycles. The van der Waals surface area contributed by atoms with Crippen LogP contribution in [-0.2, 0) is 16.1 Å². The largest absolute Gasteiger partial charge is 0.461 e. The van der Waals surface area contributed by atoms with Crippen molar-refractivity contribution >= 4 is 29.2 Å². The summed E-state index contributed by atoms with van der Waals surface area (Å²) in [5, 5.41) is 1.17. The predicted molar refractivity (Wildman–Crippen MR) is 59.0 cm³/mol. The molecule has 0 saturated heterocycles. The van der Waals surface area contributed by atoms with E-state index in [0.29, 0.717) is 10.0 Å². The van der Waals surface area contributed by atoms with Crippen molar-refractivity contribution in [1.82, 2.24) is 0 Å². The maximum atomic E-state index is 11.3. The first-order valence-electron chi connectivity index (χ1n) is 4.77. The lowest BCUT2D eigenvalue weighted by atomic mass is 10.2. The molecule has 0 aliphatic heterocycles. The van der Waals surface area contributed by atoms with Crippen molar-refractivity contribution < 1.29 is 9.53 Å². The molecule has 0 atom stereocenters. The van der Waals surface area contributed by atoms with Gasteiger partial charge in [0, 0.05) is 15.6 Å². The third-order valence-corrected chi connectivity index (χ3v) is 2.89. The standard InChI is InChI=1S/C11H10Cl2O2/c12-9-3-4-10(13)8(5-9)6-15-11(14)7-1-2-7/h3-5,7H,1-2,6H2. The average molecular weight is 245 g/mol. The molecule has 0 amide bonds.